The van der Waals surface area contributed by atoms with Gasteiger partial charge in [0.1, 0.15) is 8.07 Å². The predicted molar refractivity (Wildman–Crippen MR) is 73.6 cm³/mol. The minimum atomic E-state index is -1.15. The number of hydrogen-bond acceptors (Lipinski definition) is 0. The first-order valence-electron chi connectivity index (χ1n) is 5.94. The number of allylic oxidation sites excluding steroid dienone is 2. The second-order valence-corrected chi connectivity index (χ2v) is 10.5. The molecule has 0 bridgehead atoms. The zero-order chi connectivity index (χ0) is 11.9. The molecular formula is C14H26Si. The summed E-state index contributed by atoms with van der Waals surface area (Å²) in [5.74, 6) is 4.09. The van der Waals surface area contributed by atoms with Gasteiger partial charge in [-0.05, 0) is 32.6 Å². The first-order valence-corrected chi connectivity index (χ1v) is 9.44. The molecular weight excluding hydrogens is 196 g/mol. The molecule has 0 N–H and O–H groups in total. The maximum atomic E-state index is 3.43. The van der Waals surface area contributed by atoms with Gasteiger partial charge in [-0.15, -0.1) is 11.5 Å². The summed E-state index contributed by atoms with van der Waals surface area (Å²) in [7, 11) is -1.15. The zero-order valence-corrected chi connectivity index (χ0v) is 12.3. The Balaban J connectivity index is 3.79. The third kappa shape index (κ3) is 11.4. The fourth-order valence-electron chi connectivity index (χ4n) is 1.25. The van der Waals surface area contributed by atoms with Gasteiger partial charge in [0, 0.05) is 6.42 Å². The van der Waals surface area contributed by atoms with E-state index >= 15 is 0 Å². The van der Waals surface area contributed by atoms with E-state index in [1.165, 1.54) is 18.4 Å². The van der Waals surface area contributed by atoms with Crippen molar-refractivity contribution in [2.45, 2.75) is 59.7 Å². The van der Waals surface area contributed by atoms with Gasteiger partial charge in [0.2, 0.25) is 0 Å². The van der Waals surface area contributed by atoms with Crippen LogP contribution in [0, 0.1) is 17.4 Å². The Morgan fingerprint density at radius 1 is 1.27 bits per heavy atom. The minimum absolute atomic E-state index is 0.740. The van der Waals surface area contributed by atoms with Crippen LogP contribution in [0.5, 0.6) is 0 Å². The summed E-state index contributed by atoms with van der Waals surface area (Å²) in [6, 6.07) is 0. The van der Waals surface area contributed by atoms with Gasteiger partial charge < -0.3 is 0 Å². The second-order valence-electron chi connectivity index (χ2n) is 5.72. The SMILES string of the molecule is CC(C)=CCCC(C)CC#C[Si](C)(C)C. The molecule has 86 valence electrons. The average molecular weight is 222 g/mol. The van der Waals surface area contributed by atoms with Crippen LogP contribution >= 0.6 is 0 Å². The Bertz CT molecular complexity index is 253. The largest absolute Gasteiger partial charge is 0.132 e. The zero-order valence-electron chi connectivity index (χ0n) is 11.3. The Hall–Kier alpha value is -0.483. The van der Waals surface area contributed by atoms with Crippen molar-refractivity contribution in [3.05, 3.63) is 11.6 Å². The summed E-state index contributed by atoms with van der Waals surface area (Å²) < 4.78 is 0. The van der Waals surface area contributed by atoms with Crippen molar-refractivity contribution in [3.63, 3.8) is 0 Å². The molecule has 1 atom stereocenters. The molecule has 0 aliphatic rings. The Morgan fingerprint density at radius 2 is 1.87 bits per heavy atom. The Morgan fingerprint density at radius 3 is 2.33 bits per heavy atom. The van der Waals surface area contributed by atoms with Crippen LogP contribution in [0.1, 0.15) is 40.0 Å². The van der Waals surface area contributed by atoms with E-state index in [1.807, 2.05) is 0 Å². The molecule has 0 nitrogen and oxygen atoms in total. The first-order chi connectivity index (χ1) is 6.81. The lowest BCUT2D eigenvalue weighted by Crippen LogP contribution is -2.16. The van der Waals surface area contributed by atoms with Crippen molar-refractivity contribution in [3.8, 4) is 11.5 Å². The van der Waals surface area contributed by atoms with Gasteiger partial charge in [-0.2, -0.15) is 0 Å². The standard InChI is InChI=1S/C14H26Si/c1-13(2)9-7-10-14(3)11-8-12-15(4,5)6/h9,14H,7,10-11H2,1-6H3. The van der Waals surface area contributed by atoms with E-state index in [4.69, 9.17) is 0 Å². The maximum absolute atomic E-state index is 3.43. The predicted octanol–water partition coefficient (Wildman–Crippen LogP) is 4.64. The molecule has 1 unspecified atom stereocenters. The third-order valence-corrected chi connectivity index (χ3v) is 3.05. The van der Waals surface area contributed by atoms with E-state index in [1.54, 1.807) is 0 Å². The van der Waals surface area contributed by atoms with Crippen LogP contribution in [0.2, 0.25) is 19.6 Å². The van der Waals surface area contributed by atoms with Gasteiger partial charge in [0.05, 0.1) is 0 Å². The summed E-state index contributed by atoms with van der Waals surface area (Å²) in [4.78, 5) is 0. The Labute approximate surface area is 97.2 Å². The lowest BCUT2D eigenvalue weighted by Gasteiger charge is -2.07. The average Bonchev–Trinajstić information content (AvgIpc) is 2.00. The van der Waals surface area contributed by atoms with Crippen LogP contribution in [0.25, 0.3) is 0 Å². The summed E-state index contributed by atoms with van der Waals surface area (Å²) in [6.45, 7) is 13.5. The van der Waals surface area contributed by atoms with Crippen LogP contribution in [-0.2, 0) is 0 Å². The Kier molecular flexibility index (Phi) is 6.68. The number of hydrogen-bond donors (Lipinski definition) is 0. The molecule has 0 aliphatic heterocycles. The maximum Gasteiger partial charge on any atom is 0.129 e. The molecule has 0 spiro atoms. The van der Waals surface area contributed by atoms with Crippen molar-refractivity contribution in [1.29, 1.82) is 0 Å². The smallest absolute Gasteiger partial charge is 0.129 e. The summed E-state index contributed by atoms with van der Waals surface area (Å²) in [5.41, 5.74) is 4.85. The third-order valence-electron chi connectivity index (χ3n) is 2.13. The molecule has 0 heterocycles. The molecule has 0 amide bonds. The lowest BCUT2D eigenvalue weighted by atomic mass is 10.0. The van der Waals surface area contributed by atoms with Gasteiger partial charge in [-0.1, -0.05) is 38.2 Å². The summed E-state index contributed by atoms with van der Waals surface area (Å²) in [5, 5.41) is 0. The van der Waals surface area contributed by atoms with E-state index in [0.717, 1.165) is 12.3 Å². The molecule has 0 aromatic carbocycles. The van der Waals surface area contributed by atoms with Crippen LogP contribution in [-0.4, -0.2) is 8.07 Å². The lowest BCUT2D eigenvalue weighted by molar-refractivity contribution is 0.553. The molecule has 0 aromatic heterocycles. The highest BCUT2D eigenvalue weighted by Crippen LogP contribution is 2.11. The quantitative estimate of drug-likeness (QED) is 0.369. The minimum Gasteiger partial charge on any atom is -0.132 e. The molecule has 0 radical (unpaired) electrons. The normalized spacial score (nSPS) is 12.7. The van der Waals surface area contributed by atoms with Crippen molar-refractivity contribution in [2.24, 2.45) is 5.92 Å². The fraction of sp³-hybridized carbons (Fsp3) is 0.714. The topological polar surface area (TPSA) is 0 Å². The van der Waals surface area contributed by atoms with Crippen LogP contribution in [0.3, 0.4) is 0 Å². The molecule has 15 heavy (non-hydrogen) atoms. The molecule has 0 saturated carbocycles. The van der Waals surface area contributed by atoms with Gasteiger partial charge in [-0.3, -0.25) is 0 Å². The van der Waals surface area contributed by atoms with E-state index < -0.39 is 8.07 Å². The van der Waals surface area contributed by atoms with Crippen molar-refractivity contribution in [2.75, 3.05) is 0 Å². The highest BCUT2D eigenvalue weighted by molar-refractivity contribution is 6.83. The van der Waals surface area contributed by atoms with Crippen LogP contribution in [0.15, 0.2) is 11.6 Å². The van der Waals surface area contributed by atoms with Crippen LogP contribution in [0.4, 0.5) is 0 Å². The molecule has 0 fully saturated rings. The molecule has 0 aliphatic carbocycles. The molecule has 1 heteroatoms. The highest BCUT2D eigenvalue weighted by atomic mass is 28.3. The summed E-state index contributed by atoms with van der Waals surface area (Å²) in [6.07, 6.45) is 5.87. The monoisotopic (exact) mass is 222 g/mol. The van der Waals surface area contributed by atoms with Crippen molar-refractivity contribution < 1.29 is 0 Å². The highest BCUT2D eigenvalue weighted by Gasteiger charge is 2.07. The fourth-order valence-corrected chi connectivity index (χ4v) is 1.88. The van der Waals surface area contributed by atoms with Gasteiger partial charge in [0.25, 0.3) is 0 Å². The van der Waals surface area contributed by atoms with Gasteiger partial charge in [0.15, 0.2) is 0 Å². The van der Waals surface area contributed by atoms with E-state index in [-0.39, 0.29) is 0 Å². The first kappa shape index (κ1) is 14.5. The van der Waals surface area contributed by atoms with Gasteiger partial charge >= 0.3 is 0 Å². The van der Waals surface area contributed by atoms with Crippen molar-refractivity contribution >= 4 is 8.07 Å². The molecule has 0 rings (SSSR count). The molecule has 0 aromatic rings. The summed E-state index contributed by atoms with van der Waals surface area (Å²) >= 11 is 0. The van der Waals surface area contributed by atoms with Gasteiger partial charge in [-0.25, -0.2) is 0 Å². The second kappa shape index (κ2) is 6.90. The van der Waals surface area contributed by atoms with E-state index in [0.29, 0.717) is 0 Å². The van der Waals surface area contributed by atoms with E-state index in [2.05, 4.69) is 58.0 Å². The van der Waals surface area contributed by atoms with Crippen molar-refractivity contribution in [1.82, 2.24) is 0 Å². The van der Waals surface area contributed by atoms with Crippen LogP contribution < -0.4 is 0 Å². The number of rotatable bonds is 4. The van der Waals surface area contributed by atoms with E-state index in [9.17, 15) is 0 Å². The molecule has 0 saturated heterocycles.